The fraction of sp³-hybridized carbons (Fsp3) is 0.150. The van der Waals surface area contributed by atoms with Crippen LogP contribution in [-0.2, 0) is 16.1 Å². The first kappa shape index (κ1) is 19.9. The molecule has 0 atom stereocenters. The summed E-state index contributed by atoms with van der Waals surface area (Å²) in [6.07, 6.45) is 1.72. The van der Waals surface area contributed by atoms with Crippen LogP contribution in [0.15, 0.2) is 53.4 Å². The number of benzene rings is 2. The average Bonchev–Trinajstić information content (AvgIpc) is 2.95. The summed E-state index contributed by atoms with van der Waals surface area (Å²) in [7, 11) is 1.45. The van der Waals surface area contributed by atoms with E-state index in [1.807, 2.05) is 30.3 Å². The van der Waals surface area contributed by atoms with Gasteiger partial charge in [0.2, 0.25) is 0 Å². The molecule has 28 heavy (non-hydrogen) atoms. The molecule has 2 aromatic rings. The number of amides is 1. The van der Waals surface area contributed by atoms with Gasteiger partial charge in [-0.25, -0.2) is 0 Å². The van der Waals surface area contributed by atoms with Crippen LogP contribution in [0.2, 0.25) is 0 Å². The predicted octanol–water partition coefficient (Wildman–Crippen LogP) is 2.23. The number of thioether (sulfide) groups is 1. The molecule has 0 unspecified atom stereocenters. The van der Waals surface area contributed by atoms with E-state index in [0.717, 1.165) is 5.56 Å². The minimum atomic E-state index is -1.33. The van der Waals surface area contributed by atoms with Gasteiger partial charge < -0.3 is 19.4 Å². The van der Waals surface area contributed by atoms with Crippen molar-refractivity contribution in [2.75, 3.05) is 13.7 Å². The van der Waals surface area contributed by atoms with Crippen LogP contribution in [0.3, 0.4) is 0 Å². The summed E-state index contributed by atoms with van der Waals surface area (Å²) < 4.78 is 10.9. The van der Waals surface area contributed by atoms with Gasteiger partial charge in [-0.1, -0.05) is 60.4 Å². The second-order valence-corrected chi connectivity index (χ2v) is 7.50. The lowest BCUT2D eigenvalue weighted by Gasteiger charge is -2.14. The van der Waals surface area contributed by atoms with Crippen LogP contribution in [0.1, 0.15) is 11.1 Å². The fourth-order valence-corrected chi connectivity index (χ4v) is 3.84. The Morgan fingerprint density at radius 3 is 2.64 bits per heavy atom. The number of rotatable bonds is 7. The second-order valence-electron chi connectivity index (χ2n) is 5.82. The zero-order valence-electron chi connectivity index (χ0n) is 14.9. The predicted molar refractivity (Wildman–Crippen MR) is 109 cm³/mol. The molecule has 0 aromatic heterocycles. The van der Waals surface area contributed by atoms with Crippen molar-refractivity contribution in [3.63, 3.8) is 0 Å². The molecule has 1 fully saturated rings. The SMILES string of the molecule is COc1cc(/C=C2\SC(=S)N(Cc3ccccc3)C2=O)ccc1OCC(=O)[O-]. The van der Waals surface area contributed by atoms with Crippen molar-refractivity contribution >= 4 is 46.3 Å². The van der Waals surface area contributed by atoms with E-state index in [1.165, 1.54) is 18.9 Å². The molecule has 0 spiro atoms. The molecule has 6 nitrogen and oxygen atoms in total. The third kappa shape index (κ3) is 4.71. The summed E-state index contributed by atoms with van der Waals surface area (Å²) in [6.45, 7) is -0.157. The summed E-state index contributed by atoms with van der Waals surface area (Å²) >= 11 is 6.60. The van der Waals surface area contributed by atoms with Gasteiger partial charge in [-0.3, -0.25) is 9.69 Å². The number of carboxylic acids is 1. The highest BCUT2D eigenvalue weighted by Gasteiger charge is 2.32. The Labute approximate surface area is 171 Å². The quantitative estimate of drug-likeness (QED) is 0.508. The Morgan fingerprint density at radius 2 is 1.96 bits per heavy atom. The third-order valence-electron chi connectivity index (χ3n) is 3.89. The van der Waals surface area contributed by atoms with Crippen LogP contribution < -0.4 is 14.6 Å². The highest BCUT2D eigenvalue weighted by Crippen LogP contribution is 2.35. The third-order valence-corrected chi connectivity index (χ3v) is 5.27. The highest BCUT2D eigenvalue weighted by atomic mass is 32.2. The van der Waals surface area contributed by atoms with Crippen LogP contribution in [0, 0.1) is 0 Å². The first-order valence-electron chi connectivity index (χ1n) is 8.28. The molecule has 2 aromatic carbocycles. The van der Waals surface area contributed by atoms with Crippen molar-refractivity contribution in [2.45, 2.75) is 6.54 Å². The molecule has 144 valence electrons. The number of hydrogen-bond donors (Lipinski definition) is 0. The number of aliphatic carboxylic acids is 1. The Hall–Kier alpha value is -2.84. The lowest BCUT2D eigenvalue weighted by Crippen LogP contribution is -2.29. The van der Waals surface area contributed by atoms with Gasteiger partial charge in [0.15, 0.2) is 11.5 Å². The molecule has 1 aliphatic rings. The maximum Gasteiger partial charge on any atom is 0.266 e. The van der Waals surface area contributed by atoms with E-state index in [2.05, 4.69) is 0 Å². The molecule has 1 saturated heterocycles. The number of carboxylic acid groups (broad SMARTS) is 1. The Morgan fingerprint density at radius 1 is 1.21 bits per heavy atom. The van der Waals surface area contributed by atoms with Gasteiger partial charge >= 0.3 is 0 Å². The molecule has 0 aliphatic carbocycles. The normalized spacial score (nSPS) is 15.2. The topological polar surface area (TPSA) is 78.9 Å². The summed E-state index contributed by atoms with van der Waals surface area (Å²) in [5, 5.41) is 10.6. The average molecular weight is 414 g/mol. The molecule has 0 radical (unpaired) electrons. The Kier molecular flexibility index (Phi) is 6.33. The molecular formula is C20H16NO5S2-. The Bertz CT molecular complexity index is 943. The van der Waals surface area contributed by atoms with Crippen molar-refractivity contribution in [3.8, 4) is 11.5 Å². The van der Waals surface area contributed by atoms with Crippen LogP contribution >= 0.6 is 24.0 Å². The molecular weight excluding hydrogens is 398 g/mol. The van der Waals surface area contributed by atoms with Crippen molar-refractivity contribution in [1.82, 2.24) is 4.90 Å². The van der Waals surface area contributed by atoms with Gasteiger partial charge in [-0.15, -0.1) is 0 Å². The van der Waals surface area contributed by atoms with Crippen LogP contribution in [0.4, 0.5) is 0 Å². The lowest BCUT2D eigenvalue weighted by atomic mass is 10.1. The first-order valence-corrected chi connectivity index (χ1v) is 9.50. The number of carbonyl (C=O) groups is 2. The zero-order valence-corrected chi connectivity index (χ0v) is 16.5. The minimum absolute atomic E-state index is 0.157. The monoisotopic (exact) mass is 414 g/mol. The van der Waals surface area contributed by atoms with E-state index in [0.29, 0.717) is 27.1 Å². The van der Waals surface area contributed by atoms with E-state index < -0.39 is 12.6 Å². The molecule has 0 N–H and O–H groups in total. The number of methoxy groups -OCH3 is 1. The number of nitrogens with zero attached hydrogens (tertiary/aromatic N) is 1. The molecule has 0 bridgehead atoms. The molecule has 3 rings (SSSR count). The zero-order chi connectivity index (χ0) is 20.1. The van der Waals surface area contributed by atoms with Crippen LogP contribution in [-0.4, -0.2) is 34.8 Å². The first-order chi connectivity index (χ1) is 13.5. The maximum atomic E-state index is 12.7. The van der Waals surface area contributed by atoms with Gasteiger partial charge in [-0.05, 0) is 29.3 Å². The van der Waals surface area contributed by atoms with Crippen molar-refractivity contribution in [2.24, 2.45) is 0 Å². The summed E-state index contributed by atoms with van der Waals surface area (Å²) in [5.41, 5.74) is 1.70. The van der Waals surface area contributed by atoms with E-state index in [4.69, 9.17) is 21.7 Å². The second kappa shape index (κ2) is 8.90. The summed E-state index contributed by atoms with van der Waals surface area (Å²) in [5.74, 6) is -0.849. The fourth-order valence-electron chi connectivity index (χ4n) is 2.58. The smallest absolute Gasteiger partial charge is 0.266 e. The minimum Gasteiger partial charge on any atom is -0.546 e. The molecule has 0 saturated carbocycles. The summed E-state index contributed by atoms with van der Waals surface area (Å²) in [6, 6.07) is 14.6. The van der Waals surface area contributed by atoms with Crippen molar-refractivity contribution in [3.05, 3.63) is 64.6 Å². The molecule has 1 heterocycles. The molecule has 1 aliphatic heterocycles. The van der Waals surface area contributed by atoms with Crippen LogP contribution in [0.5, 0.6) is 11.5 Å². The molecule has 8 heteroatoms. The van der Waals surface area contributed by atoms with Crippen molar-refractivity contribution < 1.29 is 24.2 Å². The lowest BCUT2D eigenvalue weighted by molar-refractivity contribution is -0.307. The number of carbonyl (C=O) groups excluding carboxylic acids is 2. The number of hydrogen-bond acceptors (Lipinski definition) is 7. The highest BCUT2D eigenvalue weighted by molar-refractivity contribution is 8.26. The molecule has 1 amide bonds. The van der Waals surface area contributed by atoms with E-state index in [1.54, 1.807) is 29.2 Å². The van der Waals surface area contributed by atoms with Gasteiger partial charge in [0.1, 0.15) is 10.9 Å². The van der Waals surface area contributed by atoms with Crippen molar-refractivity contribution in [1.29, 1.82) is 0 Å². The van der Waals surface area contributed by atoms with E-state index in [9.17, 15) is 14.7 Å². The van der Waals surface area contributed by atoms with Gasteiger partial charge in [0, 0.05) is 0 Å². The standard InChI is InChI=1S/C20H17NO5S2/c1-25-16-9-14(7-8-15(16)26-12-18(22)23)10-17-19(24)21(20(27)28-17)11-13-5-3-2-4-6-13/h2-10H,11-12H2,1H3,(H,22,23)/p-1/b17-10-. The van der Waals surface area contributed by atoms with Gasteiger partial charge in [0.25, 0.3) is 5.91 Å². The number of thiocarbonyl (C=S) groups is 1. The number of ether oxygens (including phenoxy) is 2. The van der Waals surface area contributed by atoms with Gasteiger partial charge in [-0.2, -0.15) is 0 Å². The Balaban J connectivity index is 1.78. The van der Waals surface area contributed by atoms with E-state index in [-0.39, 0.29) is 11.7 Å². The van der Waals surface area contributed by atoms with Crippen LogP contribution in [0.25, 0.3) is 6.08 Å². The summed E-state index contributed by atoms with van der Waals surface area (Å²) in [4.78, 5) is 25.4. The van der Waals surface area contributed by atoms with E-state index >= 15 is 0 Å². The van der Waals surface area contributed by atoms with Gasteiger partial charge in [0.05, 0.1) is 24.5 Å². The largest absolute Gasteiger partial charge is 0.546 e. The maximum absolute atomic E-state index is 12.7.